The van der Waals surface area contributed by atoms with E-state index in [-0.39, 0.29) is 17.5 Å². The maximum absolute atomic E-state index is 11.7. The summed E-state index contributed by atoms with van der Waals surface area (Å²) in [4.78, 5) is 16.4. The van der Waals surface area contributed by atoms with E-state index in [2.05, 4.69) is 36.0 Å². The minimum absolute atomic E-state index is 0.102. The van der Waals surface area contributed by atoms with Crippen LogP contribution in [-0.2, 0) is 4.79 Å². The highest BCUT2D eigenvalue weighted by Gasteiger charge is 2.34. The fourth-order valence-electron chi connectivity index (χ4n) is 2.43. The Morgan fingerprint density at radius 2 is 2.11 bits per heavy atom. The van der Waals surface area contributed by atoms with Crippen molar-refractivity contribution in [3.63, 3.8) is 0 Å². The molecule has 1 fully saturated rings. The fourth-order valence-corrected chi connectivity index (χ4v) is 2.43. The van der Waals surface area contributed by atoms with Gasteiger partial charge in [0.15, 0.2) is 0 Å². The van der Waals surface area contributed by atoms with E-state index in [9.17, 15) is 4.79 Å². The lowest BCUT2D eigenvalue weighted by Gasteiger charge is -2.47. The summed E-state index contributed by atoms with van der Waals surface area (Å²) in [5, 5.41) is 2.85. The second-order valence-electron chi connectivity index (χ2n) is 5.75. The first-order valence-corrected chi connectivity index (χ1v) is 6.82. The van der Waals surface area contributed by atoms with Gasteiger partial charge in [-0.2, -0.15) is 0 Å². The first-order chi connectivity index (χ1) is 8.40. The minimum Gasteiger partial charge on any atom is -0.356 e. The number of carbonyl (C=O) groups excluding carboxylic acids is 1. The maximum atomic E-state index is 11.7. The lowest BCUT2D eigenvalue weighted by molar-refractivity contribution is -0.122. The van der Waals surface area contributed by atoms with E-state index < -0.39 is 0 Å². The van der Waals surface area contributed by atoms with Crippen molar-refractivity contribution in [1.29, 1.82) is 0 Å². The second-order valence-corrected chi connectivity index (χ2v) is 5.75. The van der Waals surface area contributed by atoms with Gasteiger partial charge in [-0.05, 0) is 27.8 Å². The van der Waals surface area contributed by atoms with Crippen molar-refractivity contribution in [2.75, 3.05) is 39.8 Å². The second kappa shape index (κ2) is 6.50. The van der Waals surface area contributed by atoms with Crippen molar-refractivity contribution < 1.29 is 4.79 Å². The number of hydrogen-bond donors (Lipinski definition) is 2. The molecule has 1 atom stereocenters. The van der Waals surface area contributed by atoms with Gasteiger partial charge in [0.05, 0.1) is 0 Å². The van der Waals surface area contributed by atoms with Crippen LogP contribution in [0.25, 0.3) is 0 Å². The molecule has 1 aliphatic rings. The van der Waals surface area contributed by atoms with Gasteiger partial charge in [-0.3, -0.25) is 14.6 Å². The first-order valence-electron chi connectivity index (χ1n) is 6.82. The molecule has 1 amide bonds. The monoisotopic (exact) mass is 256 g/mol. The van der Waals surface area contributed by atoms with Crippen molar-refractivity contribution in [2.24, 2.45) is 5.73 Å². The molecule has 1 rings (SSSR count). The molecular formula is C13H28N4O. The molecule has 0 radical (unpaired) electrons. The molecule has 1 heterocycles. The van der Waals surface area contributed by atoms with Crippen molar-refractivity contribution in [3.05, 3.63) is 0 Å². The van der Waals surface area contributed by atoms with E-state index in [1.54, 1.807) is 0 Å². The average Bonchev–Trinajstić information content (AvgIpc) is 2.30. The third-order valence-electron chi connectivity index (χ3n) is 3.93. The molecule has 0 bridgehead atoms. The Kier molecular flexibility index (Phi) is 5.56. The Balaban J connectivity index is 2.58. The number of nitrogens with zero attached hydrogens (tertiary/aromatic N) is 2. The van der Waals surface area contributed by atoms with Gasteiger partial charge in [0, 0.05) is 50.7 Å². The topological polar surface area (TPSA) is 61.6 Å². The lowest BCUT2D eigenvalue weighted by atomic mass is 9.97. The van der Waals surface area contributed by atoms with Crippen molar-refractivity contribution in [2.45, 2.75) is 38.8 Å². The van der Waals surface area contributed by atoms with Crippen LogP contribution in [0.15, 0.2) is 0 Å². The van der Waals surface area contributed by atoms with Gasteiger partial charge in [-0.15, -0.1) is 0 Å². The zero-order valence-electron chi connectivity index (χ0n) is 12.2. The van der Waals surface area contributed by atoms with Crippen LogP contribution in [0.4, 0.5) is 0 Å². The Morgan fingerprint density at radius 3 is 2.61 bits per heavy atom. The largest absolute Gasteiger partial charge is 0.356 e. The SMILES string of the molecule is CCNC(=O)CC(CN)N1CCN(C)C(C)(C)C1. The molecule has 0 spiro atoms. The third kappa shape index (κ3) is 3.93. The summed E-state index contributed by atoms with van der Waals surface area (Å²) >= 11 is 0. The molecule has 0 aromatic carbocycles. The number of likely N-dealkylation sites (N-methyl/N-ethyl adjacent to an activating group) is 1. The summed E-state index contributed by atoms with van der Waals surface area (Å²) < 4.78 is 0. The van der Waals surface area contributed by atoms with Gasteiger partial charge in [0.1, 0.15) is 0 Å². The zero-order chi connectivity index (χ0) is 13.8. The molecule has 0 saturated carbocycles. The summed E-state index contributed by atoms with van der Waals surface area (Å²) in [5.41, 5.74) is 5.98. The van der Waals surface area contributed by atoms with Crippen molar-refractivity contribution in [3.8, 4) is 0 Å². The molecule has 3 N–H and O–H groups in total. The predicted octanol–water partition coefficient (Wildman–Crippen LogP) is -0.134. The van der Waals surface area contributed by atoms with E-state index in [0.29, 0.717) is 19.5 Å². The predicted molar refractivity (Wildman–Crippen MR) is 74.4 cm³/mol. The molecule has 1 saturated heterocycles. The molecule has 0 aliphatic carbocycles. The summed E-state index contributed by atoms with van der Waals surface area (Å²) in [6.07, 6.45) is 0.504. The Hall–Kier alpha value is -0.650. The number of piperazine rings is 1. The van der Waals surface area contributed by atoms with Crippen LogP contribution in [0, 0.1) is 0 Å². The van der Waals surface area contributed by atoms with Gasteiger partial charge in [0.25, 0.3) is 0 Å². The first kappa shape index (κ1) is 15.4. The van der Waals surface area contributed by atoms with E-state index in [4.69, 9.17) is 5.73 Å². The number of amides is 1. The molecule has 0 aromatic rings. The van der Waals surface area contributed by atoms with Crippen LogP contribution in [0.3, 0.4) is 0 Å². The van der Waals surface area contributed by atoms with Crippen LogP contribution in [0.5, 0.6) is 0 Å². The van der Waals surface area contributed by atoms with Crippen LogP contribution in [0.1, 0.15) is 27.2 Å². The standard InChI is InChI=1S/C13H28N4O/c1-5-15-12(18)8-11(9-14)17-7-6-16(4)13(2,3)10-17/h11H,5-10,14H2,1-4H3,(H,15,18). The normalized spacial score (nSPS) is 22.7. The fraction of sp³-hybridized carbons (Fsp3) is 0.923. The van der Waals surface area contributed by atoms with Gasteiger partial charge in [-0.25, -0.2) is 0 Å². The third-order valence-corrected chi connectivity index (χ3v) is 3.93. The van der Waals surface area contributed by atoms with E-state index >= 15 is 0 Å². The molecule has 106 valence electrons. The number of carbonyl (C=O) groups is 1. The maximum Gasteiger partial charge on any atom is 0.221 e. The number of hydrogen-bond acceptors (Lipinski definition) is 4. The summed E-state index contributed by atoms with van der Waals surface area (Å²) in [7, 11) is 2.15. The molecule has 1 unspecified atom stereocenters. The van der Waals surface area contributed by atoms with E-state index in [1.807, 2.05) is 6.92 Å². The van der Waals surface area contributed by atoms with Crippen molar-refractivity contribution >= 4 is 5.91 Å². The van der Waals surface area contributed by atoms with E-state index in [1.165, 1.54) is 0 Å². The quantitative estimate of drug-likeness (QED) is 0.719. The smallest absolute Gasteiger partial charge is 0.221 e. The van der Waals surface area contributed by atoms with Crippen LogP contribution >= 0.6 is 0 Å². The van der Waals surface area contributed by atoms with Gasteiger partial charge in [-0.1, -0.05) is 0 Å². The number of nitrogens with one attached hydrogen (secondary N) is 1. The number of rotatable bonds is 5. The zero-order valence-corrected chi connectivity index (χ0v) is 12.2. The summed E-state index contributed by atoms with van der Waals surface area (Å²) in [5.74, 6) is 0.102. The molecule has 5 nitrogen and oxygen atoms in total. The Labute approximate surface area is 111 Å². The highest BCUT2D eigenvalue weighted by atomic mass is 16.1. The van der Waals surface area contributed by atoms with Gasteiger partial charge < -0.3 is 11.1 Å². The van der Waals surface area contributed by atoms with Crippen LogP contribution < -0.4 is 11.1 Å². The lowest BCUT2D eigenvalue weighted by Crippen LogP contribution is -2.61. The Bertz CT molecular complexity index is 280. The molecule has 18 heavy (non-hydrogen) atoms. The van der Waals surface area contributed by atoms with E-state index in [0.717, 1.165) is 19.6 Å². The highest BCUT2D eigenvalue weighted by molar-refractivity contribution is 5.76. The summed E-state index contributed by atoms with van der Waals surface area (Å²) in [6.45, 7) is 10.6. The average molecular weight is 256 g/mol. The van der Waals surface area contributed by atoms with Crippen LogP contribution in [-0.4, -0.2) is 67.1 Å². The van der Waals surface area contributed by atoms with Crippen molar-refractivity contribution in [1.82, 2.24) is 15.1 Å². The molecule has 0 aromatic heterocycles. The van der Waals surface area contributed by atoms with Crippen LogP contribution in [0.2, 0.25) is 0 Å². The molecule has 5 heteroatoms. The summed E-state index contributed by atoms with van der Waals surface area (Å²) in [6, 6.07) is 0.157. The van der Waals surface area contributed by atoms with Gasteiger partial charge >= 0.3 is 0 Å². The molecule has 1 aliphatic heterocycles. The molecular weight excluding hydrogens is 228 g/mol. The minimum atomic E-state index is 0.102. The number of nitrogens with two attached hydrogens (primary N) is 1. The van der Waals surface area contributed by atoms with Gasteiger partial charge in [0.2, 0.25) is 5.91 Å². The highest BCUT2D eigenvalue weighted by Crippen LogP contribution is 2.21. The Morgan fingerprint density at radius 1 is 1.44 bits per heavy atom.